The molecular formula is C24H28N4O4. The second-order valence-electron chi connectivity index (χ2n) is 8.43. The van der Waals surface area contributed by atoms with Gasteiger partial charge in [-0.2, -0.15) is 0 Å². The van der Waals surface area contributed by atoms with Crippen LogP contribution in [-0.4, -0.2) is 47.4 Å². The van der Waals surface area contributed by atoms with Crippen LogP contribution in [0.25, 0.3) is 11.3 Å². The monoisotopic (exact) mass is 436 g/mol. The largest absolute Gasteiger partial charge is 0.497 e. The van der Waals surface area contributed by atoms with Crippen molar-refractivity contribution in [1.82, 2.24) is 14.5 Å². The van der Waals surface area contributed by atoms with Gasteiger partial charge in [-0.3, -0.25) is 14.3 Å². The molecule has 1 aliphatic rings. The fraction of sp³-hybridized carbons (Fsp3) is 0.375. The molecule has 1 aromatic carbocycles. The van der Waals surface area contributed by atoms with Gasteiger partial charge >= 0.3 is 0 Å². The highest BCUT2D eigenvalue weighted by atomic mass is 16.5. The molecule has 0 aliphatic carbocycles. The number of pyridine rings is 1. The van der Waals surface area contributed by atoms with Crippen molar-refractivity contribution in [2.24, 2.45) is 7.05 Å². The van der Waals surface area contributed by atoms with Crippen molar-refractivity contribution in [2.75, 3.05) is 32.2 Å². The van der Waals surface area contributed by atoms with Crippen LogP contribution in [-0.2, 0) is 11.8 Å². The van der Waals surface area contributed by atoms with E-state index in [0.717, 1.165) is 22.6 Å². The van der Waals surface area contributed by atoms with Gasteiger partial charge in [-0.25, -0.2) is 4.98 Å². The Labute approximate surface area is 187 Å². The fourth-order valence-corrected chi connectivity index (χ4v) is 4.07. The molecule has 1 unspecified atom stereocenters. The normalized spacial score (nSPS) is 17.8. The van der Waals surface area contributed by atoms with Gasteiger partial charge in [0.25, 0.3) is 5.56 Å². The third-order valence-electron chi connectivity index (χ3n) is 5.57. The number of nitrogens with zero attached hydrogens (tertiary/aromatic N) is 4. The maximum atomic E-state index is 12.8. The SMILES string of the molecule is COc1ccc(OC)c(C2CN(c3nc(-c4ccncc4)cc(=O)n3C)CC(C)(C)O2)c1. The Bertz CT molecular complexity index is 1160. The van der Waals surface area contributed by atoms with Crippen molar-refractivity contribution in [3.05, 3.63) is 64.7 Å². The summed E-state index contributed by atoms with van der Waals surface area (Å²) in [5.41, 5.74) is 1.74. The van der Waals surface area contributed by atoms with E-state index >= 15 is 0 Å². The number of ether oxygens (including phenoxy) is 3. The number of morpholine rings is 1. The van der Waals surface area contributed by atoms with Crippen molar-refractivity contribution in [2.45, 2.75) is 25.6 Å². The number of methoxy groups -OCH3 is 2. The minimum absolute atomic E-state index is 0.123. The number of rotatable bonds is 5. The van der Waals surface area contributed by atoms with Crippen LogP contribution in [0, 0.1) is 0 Å². The van der Waals surface area contributed by atoms with Crippen LogP contribution >= 0.6 is 0 Å². The molecule has 1 saturated heterocycles. The summed E-state index contributed by atoms with van der Waals surface area (Å²) < 4.78 is 19.0. The first-order valence-electron chi connectivity index (χ1n) is 10.4. The zero-order chi connectivity index (χ0) is 22.9. The Morgan fingerprint density at radius 2 is 1.84 bits per heavy atom. The molecule has 0 radical (unpaired) electrons. The summed E-state index contributed by atoms with van der Waals surface area (Å²) in [5.74, 6) is 2.04. The van der Waals surface area contributed by atoms with Gasteiger partial charge in [0.2, 0.25) is 5.95 Å². The van der Waals surface area contributed by atoms with Crippen LogP contribution in [0.1, 0.15) is 25.5 Å². The van der Waals surface area contributed by atoms with Crippen molar-refractivity contribution in [1.29, 1.82) is 0 Å². The number of aromatic nitrogens is 3. The van der Waals surface area contributed by atoms with E-state index in [9.17, 15) is 4.79 Å². The van der Waals surface area contributed by atoms with Crippen molar-refractivity contribution in [3.8, 4) is 22.8 Å². The number of hydrogen-bond donors (Lipinski definition) is 0. The molecule has 168 valence electrons. The number of hydrogen-bond acceptors (Lipinski definition) is 7. The summed E-state index contributed by atoms with van der Waals surface area (Å²) in [6.45, 7) is 5.15. The average molecular weight is 437 g/mol. The first kappa shape index (κ1) is 21.8. The Balaban J connectivity index is 1.77. The second kappa shape index (κ2) is 8.63. The third-order valence-corrected chi connectivity index (χ3v) is 5.57. The molecule has 8 heteroatoms. The van der Waals surface area contributed by atoms with E-state index in [-0.39, 0.29) is 11.7 Å². The smallest absolute Gasteiger partial charge is 0.255 e. The molecule has 3 heterocycles. The highest BCUT2D eigenvalue weighted by Gasteiger charge is 2.37. The van der Waals surface area contributed by atoms with E-state index < -0.39 is 5.60 Å². The fourth-order valence-electron chi connectivity index (χ4n) is 4.07. The van der Waals surface area contributed by atoms with Crippen molar-refractivity contribution in [3.63, 3.8) is 0 Å². The highest BCUT2D eigenvalue weighted by molar-refractivity contribution is 5.59. The average Bonchev–Trinajstić information content (AvgIpc) is 2.79. The maximum Gasteiger partial charge on any atom is 0.255 e. The van der Waals surface area contributed by atoms with Crippen molar-refractivity contribution >= 4 is 5.95 Å². The molecule has 1 aliphatic heterocycles. The van der Waals surface area contributed by atoms with E-state index in [1.54, 1.807) is 44.3 Å². The highest BCUT2D eigenvalue weighted by Crippen LogP contribution is 2.38. The summed E-state index contributed by atoms with van der Waals surface area (Å²) in [6, 6.07) is 10.9. The van der Waals surface area contributed by atoms with Gasteiger partial charge in [-0.05, 0) is 44.2 Å². The van der Waals surface area contributed by atoms with E-state index in [0.29, 0.717) is 24.7 Å². The van der Waals surface area contributed by atoms with Gasteiger partial charge in [0.1, 0.15) is 17.6 Å². The lowest BCUT2D eigenvalue weighted by Gasteiger charge is -2.44. The summed E-state index contributed by atoms with van der Waals surface area (Å²) in [4.78, 5) is 23.8. The Hall–Kier alpha value is -3.39. The first-order valence-corrected chi connectivity index (χ1v) is 10.4. The Morgan fingerprint density at radius 1 is 1.09 bits per heavy atom. The topological polar surface area (TPSA) is 78.7 Å². The van der Waals surface area contributed by atoms with Crippen LogP contribution in [0.15, 0.2) is 53.6 Å². The van der Waals surface area contributed by atoms with Crippen LogP contribution < -0.4 is 19.9 Å². The minimum atomic E-state index is -0.485. The Kier molecular flexibility index (Phi) is 5.88. The van der Waals surface area contributed by atoms with Crippen molar-refractivity contribution < 1.29 is 14.2 Å². The lowest BCUT2D eigenvalue weighted by Crippen LogP contribution is -2.51. The standard InChI is InChI=1S/C24H28N4O4/c1-24(2)15-28(14-21(32-24)18-12-17(30-4)6-7-20(18)31-5)23-26-19(13-22(29)27(23)3)16-8-10-25-11-9-16/h6-13,21H,14-15H2,1-5H3. The molecule has 8 nitrogen and oxygen atoms in total. The molecule has 0 saturated carbocycles. The first-order chi connectivity index (χ1) is 15.3. The molecule has 0 spiro atoms. The predicted molar refractivity (Wildman–Crippen MR) is 122 cm³/mol. The van der Waals surface area contributed by atoms with E-state index in [1.807, 2.05) is 44.2 Å². The molecule has 0 N–H and O–H groups in total. The quantitative estimate of drug-likeness (QED) is 0.608. The Morgan fingerprint density at radius 3 is 2.53 bits per heavy atom. The van der Waals surface area contributed by atoms with Gasteiger partial charge in [-0.15, -0.1) is 0 Å². The van der Waals surface area contributed by atoms with Gasteiger partial charge in [0.05, 0.1) is 32.1 Å². The second-order valence-corrected chi connectivity index (χ2v) is 8.43. The molecule has 1 atom stereocenters. The number of benzene rings is 1. The molecule has 2 aromatic heterocycles. The minimum Gasteiger partial charge on any atom is -0.497 e. The van der Waals surface area contributed by atoms with Gasteiger partial charge in [-0.1, -0.05) is 0 Å². The summed E-state index contributed by atoms with van der Waals surface area (Å²) in [6.07, 6.45) is 3.08. The molecule has 1 fully saturated rings. The van der Waals surface area contributed by atoms with Crippen LogP contribution in [0.4, 0.5) is 5.95 Å². The number of anilines is 1. The van der Waals surface area contributed by atoms with E-state index in [2.05, 4.69) is 9.88 Å². The van der Waals surface area contributed by atoms with Crippen LogP contribution in [0.2, 0.25) is 0 Å². The zero-order valence-corrected chi connectivity index (χ0v) is 19.0. The summed E-state index contributed by atoms with van der Waals surface area (Å²) in [7, 11) is 5.01. The lowest BCUT2D eigenvalue weighted by atomic mass is 10.0. The maximum absolute atomic E-state index is 12.8. The molecule has 0 bridgehead atoms. The van der Waals surface area contributed by atoms with E-state index in [4.69, 9.17) is 19.2 Å². The van der Waals surface area contributed by atoms with E-state index in [1.165, 1.54) is 0 Å². The molecule has 0 amide bonds. The molecule has 4 rings (SSSR count). The molecule has 32 heavy (non-hydrogen) atoms. The lowest BCUT2D eigenvalue weighted by molar-refractivity contribution is -0.0867. The zero-order valence-electron chi connectivity index (χ0n) is 19.0. The van der Waals surface area contributed by atoms with Gasteiger partial charge in [0, 0.05) is 43.2 Å². The molecular weight excluding hydrogens is 408 g/mol. The van der Waals surface area contributed by atoms with Gasteiger partial charge < -0.3 is 19.1 Å². The summed E-state index contributed by atoms with van der Waals surface area (Å²) in [5, 5.41) is 0. The molecule has 3 aromatic rings. The van der Waals surface area contributed by atoms with Crippen LogP contribution in [0.5, 0.6) is 11.5 Å². The summed E-state index contributed by atoms with van der Waals surface area (Å²) >= 11 is 0. The third kappa shape index (κ3) is 4.31. The van der Waals surface area contributed by atoms with Crippen LogP contribution in [0.3, 0.4) is 0 Å². The predicted octanol–water partition coefficient (Wildman–Crippen LogP) is 3.22. The van der Waals surface area contributed by atoms with Gasteiger partial charge in [0.15, 0.2) is 0 Å².